The Balaban J connectivity index is 1.79. The average Bonchev–Trinajstić information content (AvgIpc) is 3.04. The lowest BCUT2D eigenvalue weighted by Crippen LogP contribution is -2.39. The summed E-state index contributed by atoms with van der Waals surface area (Å²) in [4.78, 5) is 14.5. The first kappa shape index (κ1) is 11.0. The minimum atomic E-state index is 0.153. The highest BCUT2D eigenvalue weighted by molar-refractivity contribution is 6.25. The molecule has 0 aromatic heterocycles. The molecule has 1 saturated heterocycles. The highest BCUT2D eigenvalue weighted by atomic mass is 16.2. The molecule has 96 valence electrons. The minimum Gasteiger partial charge on any atom is -0.312 e. The highest BCUT2D eigenvalue weighted by Gasteiger charge is 2.31. The number of hydrogen-bond acceptors (Lipinski definition) is 2. The predicted octanol–water partition coefficient (Wildman–Crippen LogP) is 2.55. The van der Waals surface area contributed by atoms with Gasteiger partial charge in [0.15, 0.2) is 0 Å². The molecule has 1 fully saturated rings. The third kappa shape index (κ3) is 1.58. The molecule has 2 aromatic rings. The SMILES string of the molecule is O=C1c2cccc3cccc(c23)N1C[C@@H]1CCCN1. The molecule has 0 aliphatic carbocycles. The van der Waals surface area contributed by atoms with E-state index >= 15 is 0 Å². The van der Waals surface area contributed by atoms with E-state index in [1.165, 1.54) is 6.42 Å². The maximum Gasteiger partial charge on any atom is 0.259 e. The molecule has 1 amide bonds. The zero-order valence-electron chi connectivity index (χ0n) is 10.7. The van der Waals surface area contributed by atoms with Gasteiger partial charge in [-0.2, -0.15) is 0 Å². The predicted molar refractivity (Wildman–Crippen MR) is 76.6 cm³/mol. The summed E-state index contributed by atoms with van der Waals surface area (Å²) in [6.07, 6.45) is 2.37. The van der Waals surface area contributed by atoms with Gasteiger partial charge < -0.3 is 10.2 Å². The van der Waals surface area contributed by atoms with Crippen molar-refractivity contribution < 1.29 is 4.79 Å². The van der Waals surface area contributed by atoms with Gasteiger partial charge in [-0.05, 0) is 36.9 Å². The number of benzene rings is 2. The van der Waals surface area contributed by atoms with Gasteiger partial charge in [-0.25, -0.2) is 0 Å². The van der Waals surface area contributed by atoms with Crippen LogP contribution in [0.3, 0.4) is 0 Å². The van der Waals surface area contributed by atoms with Gasteiger partial charge in [0.05, 0.1) is 5.69 Å². The summed E-state index contributed by atoms with van der Waals surface area (Å²) in [5, 5.41) is 5.75. The van der Waals surface area contributed by atoms with E-state index in [2.05, 4.69) is 23.5 Å². The van der Waals surface area contributed by atoms with Crippen LogP contribution in [-0.4, -0.2) is 25.0 Å². The summed E-state index contributed by atoms with van der Waals surface area (Å²) in [5.41, 5.74) is 1.93. The summed E-state index contributed by atoms with van der Waals surface area (Å²) in [5.74, 6) is 0.153. The fourth-order valence-electron chi connectivity index (χ4n) is 3.29. The Morgan fingerprint density at radius 2 is 2.05 bits per heavy atom. The van der Waals surface area contributed by atoms with Crippen LogP contribution in [0.25, 0.3) is 10.8 Å². The molecule has 2 heterocycles. The zero-order valence-corrected chi connectivity index (χ0v) is 10.7. The van der Waals surface area contributed by atoms with E-state index < -0.39 is 0 Å². The normalized spacial score (nSPS) is 21.6. The van der Waals surface area contributed by atoms with Crippen molar-refractivity contribution in [1.82, 2.24) is 5.32 Å². The topological polar surface area (TPSA) is 32.3 Å². The molecule has 3 nitrogen and oxygen atoms in total. The summed E-state index contributed by atoms with van der Waals surface area (Å²) < 4.78 is 0. The lowest BCUT2D eigenvalue weighted by Gasteiger charge is -2.21. The van der Waals surface area contributed by atoms with Crippen LogP contribution >= 0.6 is 0 Å². The molecule has 0 unspecified atom stereocenters. The molecule has 2 aliphatic rings. The van der Waals surface area contributed by atoms with Crippen LogP contribution in [0.4, 0.5) is 5.69 Å². The average molecular weight is 252 g/mol. The maximum atomic E-state index is 12.6. The van der Waals surface area contributed by atoms with Crippen LogP contribution in [0.5, 0.6) is 0 Å². The third-order valence-electron chi connectivity index (χ3n) is 4.21. The lowest BCUT2D eigenvalue weighted by atomic mass is 10.1. The fourth-order valence-corrected chi connectivity index (χ4v) is 3.29. The van der Waals surface area contributed by atoms with E-state index in [-0.39, 0.29) is 5.91 Å². The monoisotopic (exact) mass is 252 g/mol. The molecule has 4 rings (SSSR count). The van der Waals surface area contributed by atoms with Crippen molar-refractivity contribution >= 4 is 22.4 Å². The second kappa shape index (κ2) is 4.07. The van der Waals surface area contributed by atoms with E-state index in [4.69, 9.17) is 0 Å². The van der Waals surface area contributed by atoms with Crippen LogP contribution < -0.4 is 10.2 Å². The Morgan fingerprint density at radius 3 is 2.84 bits per heavy atom. The summed E-state index contributed by atoms with van der Waals surface area (Å²) in [6, 6.07) is 12.6. The molecular weight excluding hydrogens is 236 g/mol. The lowest BCUT2D eigenvalue weighted by molar-refractivity contribution is 0.0991. The molecule has 2 aromatic carbocycles. The van der Waals surface area contributed by atoms with Gasteiger partial charge in [0.25, 0.3) is 5.91 Å². The van der Waals surface area contributed by atoms with Gasteiger partial charge >= 0.3 is 0 Å². The molecule has 2 aliphatic heterocycles. The van der Waals surface area contributed by atoms with Crippen LogP contribution in [0.1, 0.15) is 23.2 Å². The van der Waals surface area contributed by atoms with Crippen molar-refractivity contribution in [2.45, 2.75) is 18.9 Å². The van der Waals surface area contributed by atoms with Crippen molar-refractivity contribution in [3.63, 3.8) is 0 Å². The number of carbonyl (C=O) groups excluding carboxylic acids is 1. The van der Waals surface area contributed by atoms with Gasteiger partial charge in [-0.1, -0.05) is 24.3 Å². The number of anilines is 1. The first-order valence-corrected chi connectivity index (χ1v) is 6.91. The van der Waals surface area contributed by atoms with Crippen molar-refractivity contribution in [1.29, 1.82) is 0 Å². The van der Waals surface area contributed by atoms with Crippen molar-refractivity contribution in [2.75, 3.05) is 18.0 Å². The summed E-state index contributed by atoms with van der Waals surface area (Å²) >= 11 is 0. The molecular formula is C16H16N2O. The first-order valence-electron chi connectivity index (χ1n) is 6.91. The standard InChI is InChI=1S/C16H16N2O/c19-16-13-7-1-4-11-5-2-8-14(15(11)13)18(16)10-12-6-3-9-17-12/h1-2,4-5,7-8,12,17H,3,6,9-10H2/t12-/m0/s1. The molecule has 1 atom stereocenters. The molecule has 0 bridgehead atoms. The molecule has 3 heteroatoms. The molecule has 0 radical (unpaired) electrons. The van der Waals surface area contributed by atoms with E-state index in [1.807, 2.05) is 23.1 Å². The van der Waals surface area contributed by atoms with Gasteiger partial charge in [-0.3, -0.25) is 4.79 Å². The van der Waals surface area contributed by atoms with Crippen LogP contribution in [0, 0.1) is 0 Å². The number of nitrogens with zero attached hydrogens (tertiary/aromatic N) is 1. The second-order valence-electron chi connectivity index (χ2n) is 5.39. The Kier molecular flexibility index (Phi) is 2.35. The van der Waals surface area contributed by atoms with E-state index in [0.29, 0.717) is 6.04 Å². The minimum absolute atomic E-state index is 0.153. The summed E-state index contributed by atoms with van der Waals surface area (Å²) in [6.45, 7) is 1.86. The summed E-state index contributed by atoms with van der Waals surface area (Å²) in [7, 11) is 0. The molecule has 0 saturated carbocycles. The smallest absolute Gasteiger partial charge is 0.259 e. The van der Waals surface area contributed by atoms with Crippen molar-refractivity contribution in [3.8, 4) is 0 Å². The van der Waals surface area contributed by atoms with Crippen LogP contribution in [-0.2, 0) is 0 Å². The van der Waals surface area contributed by atoms with Crippen LogP contribution in [0.2, 0.25) is 0 Å². The zero-order chi connectivity index (χ0) is 12.8. The van der Waals surface area contributed by atoms with Crippen molar-refractivity contribution in [3.05, 3.63) is 42.0 Å². The fraction of sp³-hybridized carbons (Fsp3) is 0.312. The Labute approximate surface area is 112 Å². The van der Waals surface area contributed by atoms with E-state index in [1.54, 1.807) is 0 Å². The van der Waals surface area contributed by atoms with E-state index in [9.17, 15) is 4.79 Å². The first-order chi connectivity index (χ1) is 9.34. The van der Waals surface area contributed by atoms with Gasteiger partial charge in [0, 0.05) is 23.5 Å². The maximum absolute atomic E-state index is 12.6. The Morgan fingerprint density at radius 1 is 1.21 bits per heavy atom. The van der Waals surface area contributed by atoms with Crippen molar-refractivity contribution in [2.24, 2.45) is 0 Å². The molecule has 19 heavy (non-hydrogen) atoms. The number of rotatable bonds is 2. The number of amides is 1. The second-order valence-corrected chi connectivity index (χ2v) is 5.39. The Bertz CT molecular complexity index is 654. The number of carbonyl (C=O) groups is 1. The molecule has 1 N–H and O–H groups in total. The van der Waals surface area contributed by atoms with Gasteiger partial charge in [0.1, 0.15) is 0 Å². The quantitative estimate of drug-likeness (QED) is 0.891. The van der Waals surface area contributed by atoms with E-state index in [0.717, 1.165) is 41.5 Å². The number of nitrogens with one attached hydrogen (secondary N) is 1. The molecule has 0 spiro atoms. The highest BCUT2D eigenvalue weighted by Crippen LogP contribution is 2.37. The number of hydrogen-bond donors (Lipinski definition) is 1. The van der Waals surface area contributed by atoms with Gasteiger partial charge in [-0.15, -0.1) is 0 Å². The van der Waals surface area contributed by atoms with Gasteiger partial charge in [0.2, 0.25) is 0 Å². The Hall–Kier alpha value is -1.87. The largest absolute Gasteiger partial charge is 0.312 e. The third-order valence-corrected chi connectivity index (χ3v) is 4.21. The van der Waals surface area contributed by atoms with Crippen LogP contribution in [0.15, 0.2) is 36.4 Å².